The SMILES string of the molecule is CCOC(=O)C1=C(c2ccccc2)N=c2s/c(=C\c3cc(Br)cc(I)c3OCc3ccc(C(=O)OCC)cc3)c(=O)n2[C@H]1c1ccc(OC)cc1. The molecule has 51 heavy (non-hydrogen) atoms. The standard InChI is InChI=1S/C39H32BrIN2O7S/c1-4-48-37(45)26-13-11-23(12-14-26)22-50-35-27(19-28(40)21-30(35)41)20-31-36(44)43-34(25-15-17-29(47-3)18-16-25)32(38(46)49-5-2)33(42-39(43)51-31)24-9-7-6-8-10-24/h6-21,34H,4-5,22H2,1-3H3/b31-20-/t34-/m0/s1. The molecule has 4 aromatic carbocycles. The lowest BCUT2D eigenvalue weighted by atomic mass is 9.93. The Morgan fingerprint density at radius 1 is 0.941 bits per heavy atom. The summed E-state index contributed by atoms with van der Waals surface area (Å²) in [5.74, 6) is 0.296. The number of halogens is 2. The highest BCUT2D eigenvalue weighted by Gasteiger charge is 2.35. The number of esters is 2. The molecule has 0 unspecified atom stereocenters. The lowest BCUT2D eigenvalue weighted by Crippen LogP contribution is -2.40. The molecule has 1 aliphatic heterocycles. The third kappa shape index (κ3) is 7.87. The first kappa shape index (κ1) is 36.3. The summed E-state index contributed by atoms with van der Waals surface area (Å²) >= 11 is 7.04. The first-order valence-corrected chi connectivity index (χ1v) is 18.7. The third-order valence-electron chi connectivity index (χ3n) is 7.98. The van der Waals surface area contributed by atoms with E-state index in [4.69, 9.17) is 23.9 Å². The van der Waals surface area contributed by atoms with Crippen molar-refractivity contribution < 1.29 is 28.5 Å². The summed E-state index contributed by atoms with van der Waals surface area (Å²) < 4.78 is 26.0. The maximum absolute atomic E-state index is 14.5. The summed E-state index contributed by atoms with van der Waals surface area (Å²) in [4.78, 5) is 45.7. The van der Waals surface area contributed by atoms with Crippen molar-refractivity contribution in [2.45, 2.75) is 26.5 Å². The number of carbonyl (C=O) groups excluding carboxylic acids is 2. The molecule has 0 N–H and O–H groups in total. The average Bonchev–Trinajstić information content (AvgIpc) is 3.45. The molecule has 1 aliphatic rings. The predicted octanol–water partition coefficient (Wildman–Crippen LogP) is 7.07. The smallest absolute Gasteiger partial charge is 0.338 e. The van der Waals surface area contributed by atoms with Crippen LogP contribution < -0.4 is 24.4 Å². The van der Waals surface area contributed by atoms with Crippen molar-refractivity contribution in [3.8, 4) is 11.5 Å². The van der Waals surface area contributed by atoms with Gasteiger partial charge in [-0.2, -0.15) is 0 Å². The van der Waals surface area contributed by atoms with E-state index in [9.17, 15) is 14.4 Å². The van der Waals surface area contributed by atoms with Crippen LogP contribution in [-0.4, -0.2) is 36.8 Å². The van der Waals surface area contributed by atoms with Crippen LogP contribution in [0, 0.1) is 3.57 Å². The van der Waals surface area contributed by atoms with Gasteiger partial charge < -0.3 is 18.9 Å². The van der Waals surface area contributed by atoms with E-state index in [0.717, 1.165) is 19.2 Å². The number of benzene rings is 4. The highest BCUT2D eigenvalue weighted by atomic mass is 127. The van der Waals surface area contributed by atoms with Crippen molar-refractivity contribution in [1.82, 2.24) is 4.57 Å². The van der Waals surface area contributed by atoms with Gasteiger partial charge in [-0.15, -0.1) is 0 Å². The fourth-order valence-corrected chi connectivity index (χ4v) is 8.33. The molecule has 0 saturated heterocycles. The van der Waals surface area contributed by atoms with Gasteiger partial charge in [0.25, 0.3) is 5.56 Å². The molecular weight excluding hydrogens is 847 g/mol. The second-order valence-electron chi connectivity index (χ2n) is 11.2. The largest absolute Gasteiger partial charge is 0.497 e. The Morgan fingerprint density at radius 2 is 1.63 bits per heavy atom. The van der Waals surface area contributed by atoms with Gasteiger partial charge in [-0.1, -0.05) is 81.9 Å². The monoisotopic (exact) mass is 878 g/mol. The van der Waals surface area contributed by atoms with Gasteiger partial charge in [-0.3, -0.25) is 9.36 Å². The molecule has 9 nitrogen and oxygen atoms in total. The van der Waals surface area contributed by atoms with Crippen LogP contribution in [-0.2, 0) is 20.9 Å². The number of nitrogens with zero attached hydrogens (tertiary/aromatic N) is 2. The van der Waals surface area contributed by atoms with Crippen molar-refractivity contribution in [1.29, 1.82) is 0 Å². The molecular formula is C39H32BrIN2O7S. The number of hydrogen-bond donors (Lipinski definition) is 0. The fourth-order valence-electron chi connectivity index (χ4n) is 5.63. The number of ether oxygens (including phenoxy) is 4. The Bertz CT molecular complexity index is 2300. The minimum atomic E-state index is -0.820. The molecule has 0 radical (unpaired) electrons. The summed E-state index contributed by atoms with van der Waals surface area (Å²) in [6.07, 6.45) is 1.79. The summed E-state index contributed by atoms with van der Waals surface area (Å²) in [6, 6.07) is 26.8. The van der Waals surface area contributed by atoms with Crippen molar-refractivity contribution >= 4 is 73.6 Å². The lowest BCUT2D eigenvalue weighted by molar-refractivity contribution is -0.138. The molecule has 0 aliphatic carbocycles. The topological polar surface area (TPSA) is 105 Å². The Kier molecular flexibility index (Phi) is 11.5. The Balaban J connectivity index is 1.48. The van der Waals surface area contributed by atoms with Gasteiger partial charge in [0.2, 0.25) is 0 Å². The van der Waals surface area contributed by atoms with Crippen molar-refractivity contribution in [3.05, 3.63) is 152 Å². The molecule has 5 aromatic rings. The molecule has 260 valence electrons. The number of thiazole rings is 1. The zero-order chi connectivity index (χ0) is 36.1. The van der Waals surface area contributed by atoms with Gasteiger partial charge in [-0.25, -0.2) is 14.6 Å². The molecule has 0 fully saturated rings. The molecule has 1 atom stereocenters. The van der Waals surface area contributed by atoms with Gasteiger partial charge in [0.15, 0.2) is 4.80 Å². The molecule has 0 bridgehead atoms. The van der Waals surface area contributed by atoms with Crippen LogP contribution in [0.1, 0.15) is 52.5 Å². The first-order valence-electron chi connectivity index (χ1n) is 16.0. The Morgan fingerprint density at radius 3 is 2.29 bits per heavy atom. The number of fused-ring (bicyclic) bond motifs is 1. The Hall–Kier alpha value is -4.53. The van der Waals surface area contributed by atoms with Gasteiger partial charge in [0.1, 0.15) is 18.1 Å². The number of hydrogen-bond acceptors (Lipinski definition) is 9. The second-order valence-corrected chi connectivity index (χ2v) is 14.3. The summed E-state index contributed by atoms with van der Waals surface area (Å²) in [5, 5.41) is 0. The van der Waals surface area contributed by atoms with Gasteiger partial charge in [0.05, 0.1) is 51.3 Å². The second kappa shape index (κ2) is 16.2. The molecule has 2 heterocycles. The van der Waals surface area contributed by atoms with Crippen molar-refractivity contribution in [2.24, 2.45) is 4.99 Å². The minimum absolute atomic E-state index is 0.157. The molecule has 6 rings (SSSR count). The van der Waals surface area contributed by atoms with E-state index in [-0.39, 0.29) is 30.3 Å². The van der Waals surface area contributed by atoms with E-state index in [1.54, 1.807) is 55.9 Å². The highest BCUT2D eigenvalue weighted by molar-refractivity contribution is 14.1. The van der Waals surface area contributed by atoms with Gasteiger partial charge in [-0.05, 0) is 90.0 Å². The maximum atomic E-state index is 14.5. The third-order valence-corrected chi connectivity index (χ3v) is 10.2. The van der Waals surface area contributed by atoms with Crippen LogP contribution in [0.5, 0.6) is 11.5 Å². The van der Waals surface area contributed by atoms with Crippen LogP contribution in [0.15, 0.2) is 111 Å². The molecule has 1 aromatic heterocycles. The van der Waals surface area contributed by atoms with E-state index in [0.29, 0.717) is 49.8 Å². The zero-order valence-corrected chi connectivity index (χ0v) is 32.4. The van der Waals surface area contributed by atoms with Crippen molar-refractivity contribution in [3.63, 3.8) is 0 Å². The number of aromatic nitrogens is 1. The van der Waals surface area contributed by atoms with Crippen LogP contribution in [0.4, 0.5) is 0 Å². The van der Waals surface area contributed by atoms with Crippen LogP contribution in [0.3, 0.4) is 0 Å². The van der Waals surface area contributed by atoms with E-state index >= 15 is 0 Å². The van der Waals surface area contributed by atoms with Crippen LogP contribution in [0.2, 0.25) is 0 Å². The predicted molar refractivity (Wildman–Crippen MR) is 208 cm³/mol. The minimum Gasteiger partial charge on any atom is -0.497 e. The van der Waals surface area contributed by atoms with E-state index in [2.05, 4.69) is 38.5 Å². The zero-order valence-electron chi connectivity index (χ0n) is 27.9. The van der Waals surface area contributed by atoms with Crippen molar-refractivity contribution in [2.75, 3.05) is 20.3 Å². The van der Waals surface area contributed by atoms with Gasteiger partial charge in [0, 0.05) is 15.6 Å². The van der Waals surface area contributed by atoms with E-state index in [1.165, 1.54) is 11.3 Å². The van der Waals surface area contributed by atoms with E-state index < -0.39 is 12.0 Å². The quantitative estimate of drug-likeness (QED) is 0.103. The van der Waals surface area contributed by atoms with Crippen LogP contribution >= 0.6 is 49.9 Å². The molecule has 12 heteroatoms. The molecule has 0 amide bonds. The summed E-state index contributed by atoms with van der Waals surface area (Å²) in [6.45, 7) is 4.20. The molecule has 0 saturated carbocycles. The maximum Gasteiger partial charge on any atom is 0.338 e. The average molecular weight is 880 g/mol. The lowest BCUT2D eigenvalue weighted by Gasteiger charge is -2.26. The van der Waals surface area contributed by atoms with Gasteiger partial charge >= 0.3 is 11.9 Å². The molecule has 0 spiro atoms. The highest BCUT2D eigenvalue weighted by Crippen LogP contribution is 2.36. The van der Waals surface area contributed by atoms with E-state index in [1.807, 2.05) is 66.7 Å². The number of methoxy groups -OCH3 is 1. The first-order chi connectivity index (χ1) is 24.7. The number of rotatable bonds is 11. The normalized spacial score (nSPS) is 14.1. The Labute approximate surface area is 320 Å². The van der Waals surface area contributed by atoms with Crippen LogP contribution in [0.25, 0.3) is 11.8 Å². The summed E-state index contributed by atoms with van der Waals surface area (Å²) in [5.41, 5.74) is 3.81. The fraction of sp³-hybridized carbons (Fsp3) is 0.179. The summed E-state index contributed by atoms with van der Waals surface area (Å²) in [7, 11) is 1.58. The number of carbonyl (C=O) groups is 2.